The molecule has 0 atom stereocenters. The lowest BCUT2D eigenvalue weighted by atomic mass is 10.2. The number of anilines is 1. The van der Waals surface area contributed by atoms with Crippen molar-refractivity contribution in [3.8, 4) is 5.69 Å². The highest BCUT2D eigenvalue weighted by atomic mass is 35.5. The number of carbonyl (C=O) groups is 1. The highest BCUT2D eigenvalue weighted by Crippen LogP contribution is 2.30. The highest BCUT2D eigenvalue weighted by molar-refractivity contribution is 7.20. The van der Waals surface area contributed by atoms with E-state index in [2.05, 4.69) is 25.9 Å². The van der Waals surface area contributed by atoms with Crippen LogP contribution in [0.5, 0.6) is 0 Å². The Morgan fingerprint density at radius 3 is 2.75 bits per heavy atom. The van der Waals surface area contributed by atoms with Gasteiger partial charge in [-0.3, -0.25) is 9.48 Å². The van der Waals surface area contributed by atoms with Gasteiger partial charge in [-0.1, -0.05) is 35.9 Å². The molecular weight excluding hydrogens is 446 g/mol. The monoisotopic (exact) mass is 463 g/mol. The van der Waals surface area contributed by atoms with Crippen LogP contribution in [0.3, 0.4) is 0 Å². The zero-order valence-electron chi connectivity index (χ0n) is 17.3. The number of fused-ring (bicyclic) bond motifs is 1. The van der Waals surface area contributed by atoms with E-state index in [4.69, 9.17) is 11.6 Å². The van der Waals surface area contributed by atoms with Gasteiger partial charge in [-0.2, -0.15) is 9.78 Å². The molecule has 32 heavy (non-hydrogen) atoms. The number of nitrogens with zero attached hydrogens (tertiary/aromatic N) is 6. The number of tetrazole rings is 1. The minimum Gasteiger partial charge on any atom is -0.321 e. The molecule has 0 aliphatic heterocycles. The Morgan fingerprint density at radius 1 is 1.12 bits per heavy atom. The van der Waals surface area contributed by atoms with Crippen LogP contribution in [0.25, 0.3) is 15.9 Å². The average molecular weight is 464 g/mol. The smallest absolute Gasteiger partial charge is 0.265 e. The molecular formula is C22H18ClN7OS. The summed E-state index contributed by atoms with van der Waals surface area (Å²) in [6, 6.07) is 17.0. The van der Waals surface area contributed by atoms with Crippen molar-refractivity contribution in [1.29, 1.82) is 0 Å². The number of hydrogen-bond donors (Lipinski definition) is 1. The summed E-state index contributed by atoms with van der Waals surface area (Å²) in [7, 11) is 0. The maximum absolute atomic E-state index is 13.0. The van der Waals surface area contributed by atoms with Gasteiger partial charge in [0.2, 0.25) is 0 Å². The van der Waals surface area contributed by atoms with Gasteiger partial charge in [0, 0.05) is 16.1 Å². The molecule has 1 amide bonds. The van der Waals surface area contributed by atoms with Crippen LogP contribution >= 0.6 is 22.9 Å². The lowest BCUT2D eigenvalue weighted by Gasteiger charge is -2.07. The average Bonchev–Trinajstić information content (AvgIpc) is 3.47. The van der Waals surface area contributed by atoms with Crippen LogP contribution < -0.4 is 5.32 Å². The van der Waals surface area contributed by atoms with E-state index in [1.165, 1.54) is 11.3 Å². The summed E-state index contributed by atoms with van der Waals surface area (Å²) < 4.78 is 3.51. The van der Waals surface area contributed by atoms with Crippen LogP contribution in [-0.2, 0) is 6.54 Å². The molecule has 0 saturated carbocycles. The Bertz CT molecular complexity index is 1450. The van der Waals surface area contributed by atoms with Crippen molar-refractivity contribution in [1.82, 2.24) is 30.0 Å². The zero-order chi connectivity index (χ0) is 22.2. The van der Waals surface area contributed by atoms with E-state index in [1.54, 1.807) is 4.68 Å². The first-order chi connectivity index (χ1) is 15.5. The molecule has 10 heteroatoms. The third-order valence-corrected chi connectivity index (χ3v) is 6.60. The summed E-state index contributed by atoms with van der Waals surface area (Å²) in [5.74, 6) is 0.483. The molecule has 1 N–H and O–H groups in total. The van der Waals surface area contributed by atoms with E-state index in [1.807, 2.05) is 73.1 Å². The lowest BCUT2D eigenvalue weighted by Crippen LogP contribution is -2.11. The van der Waals surface area contributed by atoms with Crippen LogP contribution in [0.2, 0.25) is 5.02 Å². The SMILES string of the molecule is Cc1nn(Cc2ccccc2Cl)c2sc(C(=O)Nc3cccc(-n4nnnc4C)c3)cc12. The van der Waals surface area contributed by atoms with Crippen molar-refractivity contribution in [2.75, 3.05) is 5.32 Å². The predicted octanol–water partition coefficient (Wildman–Crippen LogP) is 4.64. The fourth-order valence-corrected chi connectivity index (χ4v) is 4.75. The Hall–Kier alpha value is -3.56. The van der Waals surface area contributed by atoms with E-state index in [9.17, 15) is 4.79 Å². The molecule has 2 aromatic carbocycles. The van der Waals surface area contributed by atoms with E-state index in [0.717, 1.165) is 27.2 Å². The van der Waals surface area contributed by atoms with Crippen LogP contribution in [-0.4, -0.2) is 35.9 Å². The second-order valence-corrected chi connectivity index (χ2v) is 8.74. The molecule has 5 rings (SSSR count). The number of benzene rings is 2. The van der Waals surface area contributed by atoms with Gasteiger partial charge in [0.05, 0.1) is 22.8 Å². The van der Waals surface area contributed by atoms with Crippen molar-refractivity contribution in [3.63, 3.8) is 0 Å². The van der Waals surface area contributed by atoms with Gasteiger partial charge >= 0.3 is 0 Å². The van der Waals surface area contributed by atoms with E-state index < -0.39 is 0 Å². The van der Waals surface area contributed by atoms with Crippen molar-refractivity contribution < 1.29 is 4.79 Å². The maximum atomic E-state index is 13.0. The highest BCUT2D eigenvalue weighted by Gasteiger charge is 2.17. The van der Waals surface area contributed by atoms with Crippen LogP contribution in [0, 0.1) is 13.8 Å². The first kappa shape index (κ1) is 20.3. The van der Waals surface area contributed by atoms with E-state index >= 15 is 0 Å². The zero-order valence-corrected chi connectivity index (χ0v) is 18.9. The van der Waals surface area contributed by atoms with Crippen LogP contribution in [0.15, 0.2) is 54.6 Å². The van der Waals surface area contributed by atoms with Gasteiger partial charge < -0.3 is 5.32 Å². The van der Waals surface area contributed by atoms with Gasteiger partial charge in [-0.15, -0.1) is 16.4 Å². The molecule has 8 nitrogen and oxygen atoms in total. The number of carbonyl (C=O) groups excluding carboxylic acids is 1. The second-order valence-electron chi connectivity index (χ2n) is 7.31. The molecule has 0 radical (unpaired) electrons. The van der Waals surface area contributed by atoms with Crippen molar-refractivity contribution in [2.45, 2.75) is 20.4 Å². The number of thiophene rings is 1. The van der Waals surface area contributed by atoms with Crippen LogP contribution in [0.4, 0.5) is 5.69 Å². The van der Waals surface area contributed by atoms with E-state index in [-0.39, 0.29) is 5.91 Å². The molecule has 5 aromatic rings. The third-order valence-electron chi connectivity index (χ3n) is 5.08. The Balaban J connectivity index is 1.41. The predicted molar refractivity (Wildman–Crippen MR) is 125 cm³/mol. The summed E-state index contributed by atoms with van der Waals surface area (Å²) in [6.07, 6.45) is 0. The minimum atomic E-state index is -0.180. The topological polar surface area (TPSA) is 90.5 Å². The molecule has 3 aromatic heterocycles. The molecule has 160 valence electrons. The summed E-state index contributed by atoms with van der Waals surface area (Å²) in [6.45, 7) is 4.30. The Kier molecular flexibility index (Phi) is 5.20. The van der Waals surface area contributed by atoms with Gasteiger partial charge in [-0.05, 0) is 60.2 Å². The van der Waals surface area contributed by atoms with Gasteiger partial charge in [0.1, 0.15) is 4.83 Å². The first-order valence-electron chi connectivity index (χ1n) is 9.87. The van der Waals surface area contributed by atoms with Crippen molar-refractivity contribution in [2.24, 2.45) is 0 Å². The summed E-state index contributed by atoms with van der Waals surface area (Å²) in [4.78, 5) is 14.5. The molecule has 0 saturated heterocycles. The maximum Gasteiger partial charge on any atom is 0.265 e. The fourth-order valence-electron chi connectivity index (χ4n) is 3.50. The van der Waals surface area contributed by atoms with Crippen molar-refractivity contribution in [3.05, 3.63) is 81.6 Å². The fraction of sp³-hybridized carbons (Fsp3) is 0.136. The molecule has 0 aliphatic carbocycles. The summed E-state index contributed by atoms with van der Waals surface area (Å²) >= 11 is 7.73. The molecule has 0 unspecified atom stereocenters. The van der Waals surface area contributed by atoms with Crippen molar-refractivity contribution >= 4 is 44.7 Å². The second kappa shape index (κ2) is 8.18. The normalized spacial score (nSPS) is 11.2. The number of aryl methyl sites for hydroxylation is 2. The number of hydrogen-bond acceptors (Lipinski definition) is 6. The Labute approximate surface area is 192 Å². The Morgan fingerprint density at radius 2 is 1.97 bits per heavy atom. The first-order valence-corrected chi connectivity index (χ1v) is 11.1. The largest absolute Gasteiger partial charge is 0.321 e. The standard InChI is InChI=1S/C22H18ClN7OS/c1-13-18-11-20(32-22(18)29(26-13)12-15-6-3-4-9-19(15)23)21(31)24-16-7-5-8-17(10-16)30-14(2)25-27-28-30/h3-11H,12H2,1-2H3,(H,24,31). The summed E-state index contributed by atoms with van der Waals surface area (Å²) in [5.41, 5.74) is 3.29. The third kappa shape index (κ3) is 3.76. The number of amides is 1. The number of rotatable bonds is 5. The van der Waals surface area contributed by atoms with Crippen LogP contribution in [0.1, 0.15) is 26.8 Å². The summed E-state index contributed by atoms with van der Waals surface area (Å²) in [5, 5.41) is 20.8. The minimum absolute atomic E-state index is 0.180. The van der Waals surface area contributed by atoms with Gasteiger partial charge in [0.25, 0.3) is 5.91 Å². The molecule has 0 spiro atoms. The lowest BCUT2D eigenvalue weighted by molar-refractivity contribution is 0.103. The molecule has 0 fully saturated rings. The number of aromatic nitrogens is 6. The number of halogens is 1. The van der Waals surface area contributed by atoms with Gasteiger partial charge in [0.15, 0.2) is 5.82 Å². The van der Waals surface area contributed by atoms with E-state index in [0.29, 0.717) is 28.0 Å². The number of nitrogens with one attached hydrogen (secondary N) is 1. The molecule has 0 aliphatic rings. The molecule has 3 heterocycles. The van der Waals surface area contributed by atoms with Gasteiger partial charge in [-0.25, -0.2) is 0 Å². The molecule has 0 bridgehead atoms. The quantitative estimate of drug-likeness (QED) is 0.410.